The van der Waals surface area contributed by atoms with Crippen LogP contribution in [0.15, 0.2) is 0 Å². The van der Waals surface area contributed by atoms with E-state index in [0.717, 1.165) is 0 Å². The molecule has 0 amide bonds. The average Bonchev–Trinajstić information content (AvgIpc) is 2.68. The highest BCUT2D eigenvalue weighted by Gasteiger charge is 2.20. The van der Waals surface area contributed by atoms with Crippen molar-refractivity contribution in [1.29, 1.82) is 0 Å². The molecular weight excluding hydrogens is 389 g/mol. The van der Waals surface area contributed by atoms with E-state index in [9.17, 15) is 17.3 Å². The second kappa shape index (κ2) is 25.0. The van der Waals surface area contributed by atoms with E-state index in [4.69, 9.17) is 0 Å². The monoisotopic (exact) mass is 441 g/mol. The van der Waals surface area contributed by atoms with Gasteiger partial charge in [-0.3, -0.25) is 0 Å². The maximum Gasteiger partial charge on any atom is 0.673 e. The van der Waals surface area contributed by atoms with Gasteiger partial charge in [-0.1, -0.05) is 97.8 Å². The fourth-order valence-electron chi connectivity index (χ4n) is 3.84. The Morgan fingerprint density at radius 1 is 0.400 bits per heavy atom. The zero-order chi connectivity index (χ0) is 22.9. The smallest absolute Gasteiger partial charge is 0.418 e. The van der Waals surface area contributed by atoms with Crippen LogP contribution in [0.1, 0.15) is 136 Å². The van der Waals surface area contributed by atoms with Crippen LogP contribution in [0.3, 0.4) is 0 Å². The highest BCUT2D eigenvalue weighted by molar-refractivity contribution is 6.50. The highest BCUT2D eigenvalue weighted by Crippen LogP contribution is 2.07. The molecule has 184 valence electrons. The number of halogens is 4. The maximum atomic E-state index is 9.75. The topological polar surface area (TPSA) is 4.44 Å². The third-order valence-corrected chi connectivity index (χ3v) is 5.65. The number of hydrogen-bond donors (Lipinski definition) is 1. The summed E-state index contributed by atoms with van der Waals surface area (Å²) in [4.78, 5) is 1.92. The minimum atomic E-state index is -6.00. The molecule has 0 spiro atoms. The number of nitrogens with one attached hydrogen (secondary N) is 1. The summed E-state index contributed by atoms with van der Waals surface area (Å²) >= 11 is 0. The Kier molecular flexibility index (Phi) is 26.6. The lowest BCUT2D eigenvalue weighted by Gasteiger charge is -2.20. The number of quaternary nitrogens is 1. The molecule has 0 radical (unpaired) electrons. The summed E-state index contributed by atoms with van der Waals surface area (Å²) in [7, 11) is -6.00. The van der Waals surface area contributed by atoms with Gasteiger partial charge in [0.2, 0.25) is 0 Å². The third-order valence-electron chi connectivity index (χ3n) is 5.65. The van der Waals surface area contributed by atoms with Crippen LogP contribution >= 0.6 is 0 Å². The molecule has 0 saturated carbocycles. The van der Waals surface area contributed by atoms with Crippen LogP contribution < -0.4 is 4.90 Å². The van der Waals surface area contributed by atoms with Crippen molar-refractivity contribution in [2.24, 2.45) is 0 Å². The van der Waals surface area contributed by atoms with Gasteiger partial charge in [0, 0.05) is 0 Å². The van der Waals surface area contributed by atoms with Crippen molar-refractivity contribution in [3.05, 3.63) is 0 Å². The van der Waals surface area contributed by atoms with Gasteiger partial charge >= 0.3 is 7.25 Å². The molecule has 0 bridgehead atoms. The summed E-state index contributed by atoms with van der Waals surface area (Å²) in [5, 5.41) is 0. The zero-order valence-electron chi connectivity index (χ0n) is 20.4. The lowest BCUT2D eigenvalue weighted by atomic mass is 10.1. The van der Waals surface area contributed by atoms with Crippen molar-refractivity contribution in [3.63, 3.8) is 0 Å². The van der Waals surface area contributed by atoms with Crippen LogP contribution in [0.5, 0.6) is 0 Å². The lowest BCUT2D eigenvalue weighted by Crippen LogP contribution is -3.12. The van der Waals surface area contributed by atoms with Crippen LogP contribution in [0.4, 0.5) is 17.3 Å². The first-order valence-electron chi connectivity index (χ1n) is 13.1. The van der Waals surface area contributed by atoms with Gasteiger partial charge < -0.3 is 22.2 Å². The summed E-state index contributed by atoms with van der Waals surface area (Å²) < 4.78 is 39.0. The summed E-state index contributed by atoms with van der Waals surface area (Å²) in [6, 6.07) is 0. The van der Waals surface area contributed by atoms with E-state index in [2.05, 4.69) is 20.8 Å². The first-order valence-corrected chi connectivity index (χ1v) is 13.1. The summed E-state index contributed by atoms with van der Waals surface area (Å²) in [6.45, 7) is 11.3. The molecule has 0 heterocycles. The van der Waals surface area contributed by atoms with Gasteiger partial charge in [0.05, 0.1) is 19.6 Å². The quantitative estimate of drug-likeness (QED) is 0.104. The number of rotatable bonds is 21. The molecule has 0 aromatic heterocycles. The molecule has 0 aliphatic rings. The van der Waals surface area contributed by atoms with Gasteiger partial charge in [-0.25, -0.2) is 0 Å². The first-order chi connectivity index (χ1) is 14.3. The Balaban J connectivity index is 0. The number of unbranched alkanes of at least 4 members (excludes halogenated alkanes) is 15. The van der Waals surface area contributed by atoms with E-state index in [1.165, 1.54) is 135 Å². The summed E-state index contributed by atoms with van der Waals surface area (Å²) in [6.07, 6.45) is 26.0. The third kappa shape index (κ3) is 35.2. The molecule has 0 saturated heterocycles. The van der Waals surface area contributed by atoms with E-state index in [1.54, 1.807) is 0 Å². The highest BCUT2D eigenvalue weighted by atomic mass is 19.5. The predicted molar refractivity (Wildman–Crippen MR) is 126 cm³/mol. The molecule has 1 nitrogen and oxygen atoms in total. The average molecular weight is 441 g/mol. The minimum absolute atomic E-state index is 1.37. The molecule has 0 aromatic carbocycles. The van der Waals surface area contributed by atoms with Gasteiger partial charge in [0.1, 0.15) is 0 Å². The van der Waals surface area contributed by atoms with Gasteiger partial charge in [-0.15, -0.1) is 0 Å². The Bertz CT molecular complexity index is 270. The SMILES string of the molecule is CCCCCCCC[NH+](CCCCCCCC)CCCCCCCC.F[B-](F)(F)F. The van der Waals surface area contributed by atoms with Crippen LogP contribution in [0.2, 0.25) is 0 Å². The maximum absolute atomic E-state index is 9.75. The van der Waals surface area contributed by atoms with Crippen LogP contribution in [0, 0.1) is 0 Å². The van der Waals surface area contributed by atoms with E-state index >= 15 is 0 Å². The van der Waals surface area contributed by atoms with Gasteiger partial charge in [0.15, 0.2) is 0 Å². The second-order valence-corrected chi connectivity index (χ2v) is 8.80. The normalized spacial score (nSPS) is 11.6. The Hall–Kier alpha value is -0.255. The molecular formula is C24H52BF4N. The largest absolute Gasteiger partial charge is 0.673 e. The molecule has 0 fully saturated rings. The zero-order valence-corrected chi connectivity index (χ0v) is 20.4. The Morgan fingerprint density at radius 2 is 0.600 bits per heavy atom. The van der Waals surface area contributed by atoms with E-state index in [1.807, 2.05) is 4.90 Å². The van der Waals surface area contributed by atoms with Crippen molar-refractivity contribution >= 4 is 7.25 Å². The van der Waals surface area contributed by atoms with Crippen molar-refractivity contribution < 1.29 is 22.2 Å². The molecule has 0 rings (SSSR count). The van der Waals surface area contributed by atoms with E-state index < -0.39 is 7.25 Å². The van der Waals surface area contributed by atoms with E-state index in [-0.39, 0.29) is 0 Å². The van der Waals surface area contributed by atoms with E-state index in [0.29, 0.717) is 0 Å². The molecule has 0 atom stereocenters. The van der Waals surface area contributed by atoms with Gasteiger partial charge in [-0.2, -0.15) is 0 Å². The van der Waals surface area contributed by atoms with Gasteiger partial charge in [0.25, 0.3) is 0 Å². The molecule has 0 aliphatic carbocycles. The molecule has 0 aromatic rings. The molecule has 6 heteroatoms. The van der Waals surface area contributed by atoms with Crippen molar-refractivity contribution in [1.82, 2.24) is 0 Å². The Labute approximate surface area is 185 Å². The summed E-state index contributed by atoms with van der Waals surface area (Å²) in [5.74, 6) is 0. The number of hydrogen-bond acceptors (Lipinski definition) is 0. The molecule has 30 heavy (non-hydrogen) atoms. The second-order valence-electron chi connectivity index (χ2n) is 8.80. The van der Waals surface area contributed by atoms with Crippen LogP contribution in [-0.2, 0) is 0 Å². The summed E-state index contributed by atoms with van der Waals surface area (Å²) in [5.41, 5.74) is 0. The molecule has 1 N–H and O–H groups in total. The molecule has 0 unspecified atom stereocenters. The standard InChI is InChI=1S/C24H51N.BF4/c1-4-7-10-13-16-19-22-25(23-20-17-14-11-8-5-2)24-21-18-15-12-9-6-3;2-1(3,4)5/h4-24H2,1-3H3;/q;-1/p+1. The first kappa shape index (κ1) is 31.9. The predicted octanol–water partition coefficient (Wildman–Crippen LogP) is 8.25. The van der Waals surface area contributed by atoms with Crippen LogP contribution in [0.25, 0.3) is 0 Å². The van der Waals surface area contributed by atoms with Crippen molar-refractivity contribution in [2.45, 2.75) is 136 Å². The van der Waals surface area contributed by atoms with Crippen LogP contribution in [-0.4, -0.2) is 26.9 Å². The fourth-order valence-corrected chi connectivity index (χ4v) is 3.84. The van der Waals surface area contributed by atoms with Crippen molar-refractivity contribution in [2.75, 3.05) is 19.6 Å². The minimum Gasteiger partial charge on any atom is -0.418 e. The fraction of sp³-hybridized carbons (Fsp3) is 1.00. The lowest BCUT2D eigenvalue weighted by molar-refractivity contribution is -0.900. The van der Waals surface area contributed by atoms with Crippen molar-refractivity contribution in [3.8, 4) is 0 Å². The molecule has 0 aliphatic heterocycles. The van der Waals surface area contributed by atoms with Gasteiger partial charge in [-0.05, 0) is 38.5 Å². The Morgan fingerprint density at radius 3 is 0.833 bits per heavy atom.